The van der Waals surface area contributed by atoms with Gasteiger partial charge in [0.15, 0.2) is 0 Å². The number of carbonyl (C=O) groups is 2. The highest BCUT2D eigenvalue weighted by Crippen LogP contribution is 1.62. The van der Waals surface area contributed by atoms with E-state index in [0.29, 0.717) is 12.7 Å². The molecule has 0 bridgehead atoms. The monoisotopic (exact) mass is 116 g/mol. The standard InChI is InChI=1S/C4H8N2O2/c5-4(2-7)1-6-3-8/h2-4H,1,5H2,(H,6,8). The van der Waals surface area contributed by atoms with Crippen molar-refractivity contribution < 1.29 is 9.59 Å². The highest BCUT2D eigenvalue weighted by atomic mass is 16.1. The van der Waals surface area contributed by atoms with Crippen molar-refractivity contribution in [2.24, 2.45) is 5.73 Å². The molecule has 0 aromatic rings. The Hall–Kier alpha value is -0.900. The lowest BCUT2D eigenvalue weighted by Gasteiger charge is -1.98. The summed E-state index contributed by atoms with van der Waals surface area (Å²) in [5, 5.41) is 2.26. The second kappa shape index (κ2) is 4.26. The molecule has 0 saturated heterocycles. The van der Waals surface area contributed by atoms with Crippen molar-refractivity contribution in [1.82, 2.24) is 5.32 Å². The van der Waals surface area contributed by atoms with Crippen LogP contribution in [-0.2, 0) is 9.59 Å². The van der Waals surface area contributed by atoms with Crippen LogP contribution in [0.4, 0.5) is 0 Å². The van der Waals surface area contributed by atoms with Crippen LogP contribution in [0, 0.1) is 0 Å². The molecule has 46 valence electrons. The molecule has 0 fully saturated rings. The van der Waals surface area contributed by atoms with Gasteiger partial charge < -0.3 is 15.8 Å². The predicted octanol–water partition coefficient (Wildman–Crippen LogP) is -1.74. The number of nitrogens with two attached hydrogens (primary N) is 1. The molecule has 3 N–H and O–H groups in total. The van der Waals surface area contributed by atoms with Crippen LogP contribution < -0.4 is 11.1 Å². The summed E-state index contributed by atoms with van der Waals surface area (Å²) >= 11 is 0. The minimum atomic E-state index is -0.569. The summed E-state index contributed by atoms with van der Waals surface area (Å²) in [7, 11) is 0. The van der Waals surface area contributed by atoms with Gasteiger partial charge in [-0.3, -0.25) is 4.79 Å². The lowest BCUT2D eigenvalue weighted by Crippen LogP contribution is -2.34. The molecular formula is C4H8N2O2. The number of rotatable bonds is 4. The van der Waals surface area contributed by atoms with E-state index < -0.39 is 6.04 Å². The zero-order valence-electron chi connectivity index (χ0n) is 4.33. The molecule has 1 atom stereocenters. The van der Waals surface area contributed by atoms with Crippen LogP contribution in [0.25, 0.3) is 0 Å². The third-order valence-corrected chi connectivity index (χ3v) is 0.612. The lowest BCUT2D eigenvalue weighted by atomic mass is 10.4. The predicted molar refractivity (Wildman–Crippen MR) is 28.1 cm³/mol. The molecule has 0 saturated carbocycles. The van der Waals surface area contributed by atoms with E-state index in [2.05, 4.69) is 5.32 Å². The third kappa shape index (κ3) is 3.30. The molecule has 8 heavy (non-hydrogen) atoms. The van der Waals surface area contributed by atoms with Crippen molar-refractivity contribution >= 4 is 12.7 Å². The normalized spacial score (nSPS) is 12.1. The van der Waals surface area contributed by atoms with Crippen molar-refractivity contribution in [3.8, 4) is 0 Å². The van der Waals surface area contributed by atoms with Crippen molar-refractivity contribution in [3.63, 3.8) is 0 Å². The summed E-state index contributed by atoms with van der Waals surface area (Å²) in [6, 6.07) is -0.569. The first-order valence-corrected chi connectivity index (χ1v) is 2.19. The Kier molecular flexibility index (Phi) is 3.78. The van der Waals surface area contributed by atoms with Crippen molar-refractivity contribution in [2.75, 3.05) is 6.54 Å². The number of carbonyl (C=O) groups excluding carboxylic acids is 2. The first kappa shape index (κ1) is 7.10. The van der Waals surface area contributed by atoms with Gasteiger partial charge in [-0.2, -0.15) is 0 Å². The zero-order chi connectivity index (χ0) is 6.41. The number of amides is 1. The fraction of sp³-hybridized carbons (Fsp3) is 0.500. The molecular weight excluding hydrogens is 108 g/mol. The van der Waals surface area contributed by atoms with E-state index >= 15 is 0 Å². The molecule has 4 nitrogen and oxygen atoms in total. The fourth-order valence-electron chi connectivity index (χ4n) is 0.232. The Morgan fingerprint density at radius 2 is 2.25 bits per heavy atom. The summed E-state index contributed by atoms with van der Waals surface area (Å²) in [4.78, 5) is 19.3. The van der Waals surface area contributed by atoms with E-state index in [9.17, 15) is 9.59 Å². The van der Waals surface area contributed by atoms with Gasteiger partial charge in [0.1, 0.15) is 6.29 Å². The zero-order valence-corrected chi connectivity index (χ0v) is 4.33. The highest BCUT2D eigenvalue weighted by molar-refractivity contribution is 5.58. The van der Waals surface area contributed by atoms with Crippen LogP contribution in [0.3, 0.4) is 0 Å². The van der Waals surface area contributed by atoms with Crippen molar-refractivity contribution in [3.05, 3.63) is 0 Å². The van der Waals surface area contributed by atoms with Crippen molar-refractivity contribution in [1.29, 1.82) is 0 Å². The van der Waals surface area contributed by atoms with Crippen LogP contribution in [0.5, 0.6) is 0 Å². The molecule has 1 unspecified atom stereocenters. The number of nitrogens with one attached hydrogen (secondary N) is 1. The molecule has 1 amide bonds. The maximum atomic E-state index is 9.73. The molecule has 0 aliphatic rings. The summed E-state index contributed by atoms with van der Waals surface area (Å²) in [6.07, 6.45) is 1.08. The first-order chi connectivity index (χ1) is 3.81. The van der Waals surface area contributed by atoms with Gasteiger partial charge >= 0.3 is 0 Å². The molecule has 0 rings (SSSR count). The SMILES string of the molecule is NC(C=O)CNC=O. The van der Waals surface area contributed by atoms with Crippen LogP contribution in [0.15, 0.2) is 0 Å². The van der Waals surface area contributed by atoms with E-state index in [0.717, 1.165) is 0 Å². The average molecular weight is 116 g/mol. The molecule has 0 radical (unpaired) electrons. The Bertz CT molecular complexity index is 84.1. The first-order valence-electron chi connectivity index (χ1n) is 2.19. The number of hydrogen-bond donors (Lipinski definition) is 2. The molecule has 0 spiro atoms. The van der Waals surface area contributed by atoms with Crippen LogP contribution in [0.1, 0.15) is 0 Å². The maximum Gasteiger partial charge on any atom is 0.207 e. The molecule has 4 heteroatoms. The summed E-state index contributed by atoms with van der Waals surface area (Å²) in [6.45, 7) is 0.215. The summed E-state index contributed by atoms with van der Waals surface area (Å²) in [5.74, 6) is 0. The van der Waals surface area contributed by atoms with Crippen LogP contribution >= 0.6 is 0 Å². The Labute approximate surface area is 47.0 Å². The van der Waals surface area contributed by atoms with E-state index in [1.807, 2.05) is 0 Å². The third-order valence-electron chi connectivity index (χ3n) is 0.612. The van der Waals surface area contributed by atoms with Gasteiger partial charge in [-0.05, 0) is 0 Å². The number of hydrogen-bond acceptors (Lipinski definition) is 3. The van der Waals surface area contributed by atoms with Crippen molar-refractivity contribution in [2.45, 2.75) is 6.04 Å². The van der Waals surface area contributed by atoms with Gasteiger partial charge in [-0.15, -0.1) is 0 Å². The quantitative estimate of drug-likeness (QED) is 0.428. The Balaban J connectivity index is 3.09. The smallest absolute Gasteiger partial charge is 0.207 e. The minimum absolute atomic E-state index is 0.215. The largest absolute Gasteiger partial charge is 0.357 e. The van der Waals surface area contributed by atoms with Gasteiger partial charge in [-0.1, -0.05) is 0 Å². The molecule has 0 aromatic heterocycles. The van der Waals surface area contributed by atoms with Gasteiger partial charge in [0.25, 0.3) is 0 Å². The average Bonchev–Trinajstić information content (AvgIpc) is 1.83. The van der Waals surface area contributed by atoms with E-state index in [1.54, 1.807) is 0 Å². The van der Waals surface area contributed by atoms with Gasteiger partial charge in [0.05, 0.1) is 6.04 Å². The molecule has 0 heterocycles. The summed E-state index contributed by atoms with van der Waals surface area (Å²) < 4.78 is 0. The molecule has 0 aliphatic heterocycles. The van der Waals surface area contributed by atoms with E-state index in [-0.39, 0.29) is 6.54 Å². The molecule has 0 aliphatic carbocycles. The fourth-order valence-corrected chi connectivity index (χ4v) is 0.232. The molecule has 0 aromatic carbocycles. The highest BCUT2D eigenvalue weighted by Gasteiger charge is 1.94. The summed E-state index contributed by atoms with van der Waals surface area (Å²) in [5.41, 5.74) is 5.07. The van der Waals surface area contributed by atoms with Crippen LogP contribution in [0.2, 0.25) is 0 Å². The number of aldehydes is 1. The van der Waals surface area contributed by atoms with Gasteiger partial charge in [-0.25, -0.2) is 0 Å². The van der Waals surface area contributed by atoms with Gasteiger partial charge in [0, 0.05) is 6.54 Å². The topological polar surface area (TPSA) is 72.2 Å². The lowest BCUT2D eigenvalue weighted by molar-refractivity contribution is -0.110. The van der Waals surface area contributed by atoms with E-state index in [1.165, 1.54) is 0 Å². The Morgan fingerprint density at radius 1 is 1.62 bits per heavy atom. The minimum Gasteiger partial charge on any atom is -0.357 e. The maximum absolute atomic E-state index is 9.73. The van der Waals surface area contributed by atoms with Gasteiger partial charge in [0.2, 0.25) is 6.41 Å². The second-order valence-corrected chi connectivity index (χ2v) is 1.33. The van der Waals surface area contributed by atoms with Crippen LogP contribution in [-0.4, -0.2) is 25.3 Å². The second-order valence-electron chi connectivity index (χ2n) is 1.33. The van der Waals surface area contributed by atoms with E-state index in [4.69, 9.17) is 5.73 Å². The Morgan fingerprint density at radius 3 is 2.62 bits per heavy atom.